The number of hydrogen-bond donors (Lipinski definition) is 3. The van der Waals surface area contributed by atoms with Crippen molar-refractivity contribution in [2.75, 3.05) is 26.7 Å². The lowest BCUT2D eigenvalue weighted by Crippen LogP contribution is -2.53. The third-order valence-corrected chi connectivity index (χ3v) is 3.30. The molecule has 2 unspecified atom stereocenters. The Hall–Kier alpha value is -1.14. The Morgan fingerprint density at radius 2 is 2.18 bits per heavy atom. The molecule has 1 saturated heterocycles. The van der Waals surface area contributed by atoms with Crippen LogP contribution in [0.3, 0.4) is 0 Å². The maximum absolute atomic E-state index is 11.6. The smallest absolute Gasteiger partial charge is 0.321 e. The molecule has 0 bridgehead atoms. The standard InChI is InChI=1S/C11H22N4O2/c1-8-4-3-5-15(9(8)6-12)7-10(16)14-11(17)13-2/h8-9H,3-7,12H2,1-2H3,(H2,13,14,16,17). The molecule has 4 N–H and O–H groups in total. The number of likely N-dealkylation sites (tertiary alicyclic amines) is 1. The van der Waals surface area contributed by atoms with Gasteiger partial charge < -0.3 is 11.1 Å². The summed E-state index contributed by atoms with van der Waals surface area (Å²) >= 11 is 0. The van der Waals surface area contributed by atoms with Crippen LogP contribution in [0.15, 0.2) is 0 Å². The van der Waals surface area contributed by atoms with Crippen molar-refractivity contribution in [1.29, 1.82) is 0 Å². The van der Waals surface area contributed by atoms with Gasteiger partial charge in [-0.05, 0) is 25.3 Å². The molecule has 0 aliphatic carbocycles. The van der Waals surface area contributed by atoms with Gasteiger partial charge in [0.15, 0.2) is 0 Å². The predicted molar refractivity (Wildman–Crippen MR) is 65.4 cm³/mol. The lowest BCUT2D eigenvalue weighted by atomic mass is 9.91. The van der Waals surface area contributed by atoms with Gasteiger partial charge in [0.25, 0.3) is 0 Å². The number of imide groups is 1. The van der Waals surface area contributed by atoms with Crippen molar-refractivity contribution in [3.63, 3.8) is 0 Å². The third-order valence-electron chi connectivity index (χ3n) is 3.30. The minimum absolute atomic E-state index is 0.235. The van der Waals surface area contributed by atoms with Gasteiger partial charge in [0.1, 0.15) is 0 Å². The van der Waals surface area contributed by atoms with Crippen LogP contribution in [-0.4, -0.2) is 49.6 Å². The second-order valence-electron chi connectivity index (χ2n) is 4.52. The molecule has 3 amide bonds. The first-order valence-electron chi connectivity index (χ1n) is 6.04. The Balaban J connectivity index is 2.48. The number of nitrogens with one attached hydrogen (secondary N) is 2. The van der Waals surface area contributed by atoms with E-state index in [9.17, 15) is 9.59 Å². The van der Waals surface area contributed by atoms with E-state index in [1.807, 2.05) is 0 Å². The summed E-state index contributed by atoms with van der Waals surface area (Å²) in [6, 6.07) is -0.233. The zero-order valence-corrected chi connectivity index (χ0v) is 10.5. The van der Waals surface area contributed by atoms with Crippen LogP contribution < -0.4 is 16.4 Å². The SMILES string of the molecule is CNC(=O)NC(=O)CN1CCCC(C)C1CN. The van der Waals surface area contributed by atoms with Crippen LogP contribution in [0.25, 0.3) is 0 Å². The Labute approximate surface area is 102 Å². The second kappa shape index (κ2) is 6.56. The molecule has 1 rings (SSSR count). The lowest BCUT2D eigenvalue weighted by Gasteiger charge is -2.38. The minimum atomic E-state index is -0.468. The number of rotatable bonds is 3. The van der Waals surface area contributed by atoms with E-state index in [4.69, 9.17) is 5.73 Å². The summed E-state index contributed by atoms with van der Waals surface area (Å²) in [5, 5.41) is 4.62. The van der Waals surface area contributed by atoms with Gasteiger partial charge in [-0.2, -0.15) is 0 Å². The normalized spacial score (nSPS) is 25.4. The van der Waals surface area contributed by atoms with Gasteiger partial charge in [-0.25, -0.2) is 4.79 Å². The van der Waals surface area contributed by atoms with Gasteiger partial charge >= 0.3 is 6.03 Å². The van der Waals surface area contributed by atoms with Crippen molar-refractivity contribution in [2.24, 2.45) is 11.7 Å². The third kappa shape index (κ3) is 3.98. The maximum Gasteiger partial charge on any atom is 0.321 e. The van der Waals surface area contributed by atoms with Crippen LogP contribution in [0.2, 0.25) is 0 Å². The molecule has 2 atom stereocenters. The van der Waals surface area contributed by atoms with Gasteiger partial charge in [0.05, 0.1) is 6.54 Å². The molecule has 0 radical (unpaired) electrons. The summed E-state index contributed by atoms with van der Waals surface area (Å²) in [7, 11) is 1.48. The van der Waals surface area contributed by atoms with E-state index < -0.39 is 6.03 Å². The highest BCUT2D eigenvalue weighted by atomic mass is 16.2. The van der Waals surface area contributed by atoms with Gasteiger partial charge in [0.2, 0.25) is 5.91 Å². The number of nitrogens with two attached hydrogens (primary N) is 1. The molecule has 98 valence electrons. The zero-order chi connectivity index (χ0) is 12.8. The topological polar surface area (TPSA) is 87.5 Å². The van der Waals surface area contributed by atoms with Crippen molar-refractivity contribution in [1.82, 2.24) is 15.5 Å². The number of hydrogen-bond acceptors (Lipinski definition) is 4. The Bertz CT molecular complexity index is 283. The first kappa shape index (κ1) is 13.9. The number of carbonyl (C=O) groups is 2. The van der Waals surface area contributed by atoms with Crippen molar-refractivity contribution < 1.29 is 9.59 Å². The average molecular weight is 242 g/mol. The fourth-order valence-electron chi connectivity index (χ4n) is 2.33. The van der Waals surface area contributed by atoms with Crippen LogP contribution in [0, 0.1) is 5.92 Å². The Morgan fingerprint density at radius 3 is 2.76 bits per heavy atom. The molecule has 0 spiro atoms. The molecule has 1 aliphatic heterocycles. The molecule has 0 aromatic heterocycles. The highest BCUT2D eigenvalue weighted by Gasteiger charge is 2.28. The van der Waals surface area contributed by atoms with Crippen molar-refractivity contribution >= 4 is 11.9 Å². The molecule has 6 nitrogen and oxygen atoms in total. The molecule has 17 heavy (non-hydrogen) atoms. The summed E-state index contributed by atoms with van der Waals surface area (Å²) in [5.41, 5.74) is 5.73. The Morgan fingerprint density at radius 1 is 1.47 bits per heavy atom. The van der Waals surface area contributed by atoms with Crippen molar-refractivity contribution in [3.8, 4) is 0 Å². The van der Waals surface area contributed by atoms with Crippen LogP contribution >= 0.6 is 0 Å². The molecular formula is C11H22N4O2. The average Bonchev–Trinajstić information content (AvgIpc) is 2.29. The van der Waals surface area contributed by atoms with E-state index in [1.54, 1.807) is 0 Å². The number of carbonyl (C=O) groups excluding carboxylic acids is 2. The minimum Gasteiger partial charge on any atom is -0.341 e. The molecule has 6 heteroatoms. The van der Waals surface area contributed by atoms with E-state index >= 15 is 0 Å². The first-order chi connectivity index (χ1) is 8.08. The number of nitrogens with zero attached hydrogens (tertiary/aromatic N) is 1. The van der Waals surface area contributed by atoms with Gasteiger partial charge in [-0.3, -0.25) is 15.0 Å². The summed E-state index contributed by atoms with van der Waals surface area (Å²) in [6.07, 6.45) is 2.22. The maximum atomic E-state index is 11.6. The second-order valence-corrected chi connectivity index (χ2v) is 4.52. The fourth-order valence-corrected chi connectivity index (χ4v) is 2.33. The van der Waals surface area contributed by atoms with Crippen LogP contribution in [0.4, 0.5) is 4.79 Å². The zero-order valence-electron chi connectivity index (χ0n) is 10.5. The van der Waals surface area contributed by atoms with E-state index in [1.165, 1.54) is 7.05 Å². The van der Waals surface area contributed by atoms with Crippen LogP contribution in [-0.2, 0) is 4.79 Å². The molecular weight excluding hydrogens is 220 g/mol. The van der Waals surface area contributed by atoms with E-state index in [0.717, 1.165) is 19.4 Å². The lowest BCUT2D eigenvalue weighted by molar-refractivity contribution is -0.122. The van der Waals surface area contributed by atoms with E-state index in [2.05, 4.69) is 22.5 Å². The highest BCUT2D eigenvalue weighted by molar-refractivity contribution is 5.95. The van der Waals surface area contributed by atoms with Crippen LogP contribution in [0.5, 0.6) is 0 Å². The summed E-state index contributed by atoms with van der Waals surface area (Å²) in [5.74, 6) is 0.221. The predicted octanol–water partition coefficient (Wildman–Crippen LogP) is -0.499. The van der Waals surface area contributed by atoms with Gasteiger partial charge in [-0.15, -0.1) is 0 Å². The first-order valence-corrected chi connectivity index (χ1v) is 6.04. The van der Waals surface area contributed by atoms with Gasteiger partial charge in [-0.1, -0.05) is 6.92 Å². The number of piperidine rings is 1. The van der Waals surface area contributed by atoms with Crippen molar-refractivity contribution in [2.45, 2.75) is 25.8 Å². The highest BCUT2D eigenvalue weighted by Crippen LogP contribution is 2.21. The van der Waals surface area contributed by atoms with E-state index in [-0.39, 0.29) is 18.5 Å². The molecule has 0 saturated carbocycles. The fraction of sp³-hybridized carbons (Fsp3) is 0.818. The van der Waals surface area contributed by atoms with Gasteiger partial charge in [0, 0.05) is 19.6 Å². The number of amides is 3. The van der Waals surface area contributed by atoms with Crippen molar-refractivity contribution in [3.05, 3.63) is 0 Å². The molecule has 0 aromatic carbocycles. The molecule has 1 fully saturated rings. The van der Waals surface area contributed by atoms with E-state index in [0.29, 0.717) is 12.5 Å². The monoisotopic (exact) mass is 242 g/mol. The molecule has 1 heterocycles. The quantitative estimate of drug-likeness (QED) is 0.622. The largest absolute Gasteiger partial charge is 0.341 e. The van der Waals surface area contributed by atoms with Crippen LogP contribution in [0.1, 0.15) is 19.8 Å². The molecule has 0 aromatic rings. The Kier molecular flexibility index (Phi) is 5.37. The molecule has 1 aliphatic rings. The summed E-state index contributed by atoms with van der Waals surface area (Å²) in [6.45, 7) is 3.81. The number of urea groups is 1. The summed E-state index contributed by atoms with van der Waals surface area (Å²) in [4.78, 5) is 24.6. The summed E-state index contributed by atoms with van der Waals surface area (Å²) < 4.78 is 0.